The van der Waals surface area contributed by atoms with Gasteiger partial charge in [-0.15, -0.1) is 0 Å². The third-order valence-electron chi connectivity index (χ3n) is 11.1. The van der Waals surface area contributed by atoms with Crippen LogP contribution in [0.3, 0.4) is 0 Å². The maximum absolute atomic E-state index is 13.6. The number of benzene rings is 2. The van der Waals surface area contributed by atoms with Crippen molar-refractivity contribution in [2.75, 3.05) is 27.3 Å². The molecule has 0 aliphatic rings. The maximum atomic E-state index is 13.6. The lowest BCUT2D eigenvalue weighted by atomic mass is 9.88. The molecule has 5 N–H and O–H groups in total. The molecule has 0 aliphatic carbocycles. The lowest BCUT2D eigenvalue weighted by molar-refractivity contribution is -0.344. The van der Waals surface area contributed by atoms with Gasteiger partial charge in [-0.2, -0.15) is 17.6 Å². The lowest BCUT2D eigenvalue weighted by Crippen LogP contribution is -2.39. The molecule has 21 heteroatoms. The number of halogens is 10. The Bertz CT molecular complexity index is 1710. The molecule has 0 aromatic heterocycles. The van der Waals surface area contributed by atoms with Gasteiger partial charge in [0, 0.05) is 39.1 Å². The minimum atomic E-state index is -2.83. The van der Waals surface area contributed by atoms with Crippen LogP contribution < -0.4 is 20.1 Å². The molecule has 0 saturated carbocycles. The Labute approximate surface area is 379 Å². The van der Waals surface area contributed by atoms with E-state index in [9.17, 15) is 68.8 Å². The molecular weight excluding hydrogens is 902 g/mol. The van der Waals surface area contributed by atoms with Crippen LogP contribution in [0.5, 0.6) is 11.5 Å². The molecule has 2 rings (SSSR count). The highest BCUT2D eigenvalue weighted by Gasteiger charge is 2.34. The van der Waals surface area contributed by atoms with Gasteiger partial charge < -0.3 is 44.9 Å². The van der Waals surface area contributed by atoms with Crippen LogP contribution in [-0.2, 0) is 9.47 Å². The number of unbranched alkanes of at least 4 members (excludes halogenated alkanes) is 12. The number of hydrogen-bond donors (Lipinski definition) is 5. The molecule has 11 nitrogen and oxygen atoms in total. The highest BCUT2D eigenvalue weighted by atomic mass is 19.2. The van der Waals surface area contributed by atoms with Gasteiger partial charge in [-0.05, 0) is 45.4 Å². The second-order valence-corrected chi connectivity index (χ2v) is 16.0. The number of amides is 2. The van der Waals surface area contributed by atoms with E-state index in [0.717, 1.165) is 57.8 Å². The van der Waals surface area contributed by atoms with Crippen molar-refractivity contribution in [3.05, 3.63) is 58.2 Å². The predicted octanol–water partition coefficient (Wildman–Crippen LogP) is 11.7. The Morgan fingerprint density at radius 1 is 0.455 bits per heavy atom. The fourth-order valence-corrected chi connectivity index (χ4v) is 6.98. The van der Waals surface area contributed by atoms with Crippen molar-refractivity contribution in [2.45, 2.75) is 161 Å². The molecule has 2 atom stereocenters. The summed E-state index contributed by atoms with van der Waals surface area (Å²) in [6, 6.07) is 0. The summed E-state index contributed by atoms with van der Waals surface area (Å²) in [5.74, 6) is -30.1. The second-order valence-electron chi connectivity index (χ2n) is 16.0. The first-order valence-electron chi connectivity index (χ1n) is 22.3. The van der Waals surface area contributed by atoms with Gasteiger partial charge in [0.15, 0.2) is 5.79 Å². The van der Waals surface area contributed by atoms with Gasteiger partial charge in [0.2, 0.25) is 69.7 Å². The van der Waals surface area contributed by atoms with Crippen molar-refractivity contribution < 1.29 is 87.8 Å². The number of carbonyl (C=O) groups excluding carboxylic acids is 2. The highest BCUT2D eigenvalue weighted by Crippen LogP contribution is 2.33. The Hall–Kier alpha value is -3.92. The molecule has 0 aliphatic heterocycles. The van der Waals surface area contributed by atoms with E-state index in [0.29, 0.717) is 32.1 Å². The summed E-state index contributed by atoms with van der Waals surface area (Å²) in [5, 5.41) is 32.9. The van der Waals surface area contributed by atoms with E-state index in [1.807, 2.05) is 6.92 Å². The monoisotopic (exact) mass is 968 g/mol. The van der Waals surface area contributed by atoms with Crippen LogP contribution in [0.15, 0.2) is 0 Å². The van der Waals surface area contributed by atoms with Crippen molar-refractivity contribution in [3.63, 3.8) is 0 Å². The number of ether oxygens (including phenoxy) is 4. The maximum Gasteiger partial charge on any atom is 0.412 e. The van der Waals surface area contributed by atoms with Crippen LogP contribution >= 0.6 is 0 Å². The molecule has 380 valence electrons. The molecule has 2 aromatic carbocycles. The van der Waals surface area contributed by atoms with Crippen molar-refractivity contribution in [1.82, 2.24) is 10.6 Å². The molecular formula is C45H66F10N2O9. The highest BCUT2D eigenvalue weighted by molar-refractivity contribution is 5.71. The summed E-state index contributed by atoms with van der Waals surface area (Å²) < 4.78 is 153. The number of carbonyl (C=O) groups is 2. The van der Waals surface area contributed by atoms with Gasteiger partial charge >= 0.3 is 12.2 Å². The molecule has 0 radical (unpaired) electrons. The van der Waals surface area contributed by atoms with Crippen LogP contribution in [0.2, 0.25) is 0 Å². The number of rotatable bonds is 30. The summed E-state index contributed by atoms with van der Waals surface area (Å²) in [6.45, 7) is 6.17. The minimum absolute atomic E-state index is 0.0761. The van der Waals surface area contributed by atoms with Crippen LogP contribution in [0.1, 0.15) is 149 Å². The minimum Gasteiger partial charge on any atom is -0.404 e. The largest absolute Gasteiger partial charge is 0.412 e. The number of nitrogens with one attached hydrogen (secondary N) is 2. The average Bonchev–Trinajstić information content (AvgIpc) is 3.29. The Morgan fingerprint density at radius 3 is 1.03 bits per heavy atom. The van der Waals surface area contributed by atoms with Gasteiger partial charge in [-0.25, -0.2) is 35.9 Å². The second kappa shape index (κ2) is 31.2. The summed E-state index contributed by atoms with van der Waals surface area (Å²) in [7, 11) is 3.18. The third kappa shape index (κ3) is 20.1. The van der Waals surface area contributed by atoms with Crippen LogP contribution in [-0.4, -0.2) is 66.6 Å². The molecule has 0 spiro atoms. The first-order valence-corrected chi connectivity index (χ1v) is 22.3. The zero-order valence-electron chi connectivity index (χ0n) is 38.3. The molecule has 0 fully saturated rings. The zero-order chi connectivity index (χ0) is 50.0. The van der Waals surface area contributed by atoms with Crippen LogP contribution in [0, 0.1) is 70.0 Å². The zero-order valence-corrected chi connectivity index (χ0v) is 38.3. The summed E-state index contributed by atoms with van der Waals surface area (Å²) >= 11 is 0. The Balaban J connectivity index is 0.000000661. The van der Waals surface area contributed by atoms with E-state index in [4.69, 9.17) is 9.47 Å². The normalized spacial score (nSPS) is 12.6. The fourth-order valence-electron chi connectivity index (χ4n) is 6.98. The van der Waals surface area contributed by atoms with Crippen LogP contribution in [0.25, 0.3) is 0 Å². The van der Waals surface area contributed by atoms with E-state index in [2.05, 4.69) is 34.0 Å². The lowest BCUT2D eigenvalue weighted by Gasteiger charge is -2.35. The Morgan fingerprint density at radius 2 is 0.727 bits per heavy atom. The quantitative estimate of drug-likeness (QED) is 0.0169. The van der Waals surface area contributed by atoms with E-state index >= 15 is 0 Å². The standard InChI is InChI=1S/C24H36F5NO4.C21H30F5NO5/c1-5-6-7-8-9-10-13-16(24(2,32-3)33-4)14-11-12-15-30-23(31)34-22-20(28)18(26)17(25)19(27)21(22)29;1-2-3-4-5-6-7-10-13(21(29,30)31)11-8-9-12-27-20(28)32-19-17(25)15(23)14(22)16(24)18(19)26/h16H,5-15H2,1-4H3,(H,30,31);13,29-31H,2-12H2,1H3,(H,27,28). The van der Waals surface area contributed by atoms with E-state index in [1.165, 1.54) is 25.7 Å². The van der Waals surface area contributed by atoms with E-state index in [1.54, 1.807) is 14.2 Å². The van der Waals surface area contributed by atoms with Gasteiger partial charge in [0.25, 0.3) is 5.97 Å². The average molecular weight is 969 g/mol. The molecule has 0 bridgehead atoms. The third-order valence-corrected chi connectivity index (χ3v) is 11.1. The molecule has 0 heterocycles. The van der Waals surface area contributed by atoms with Gasteiger partial charge in [0.05, 0.1) is 0 Å². The van der Waals surface area contributed by atoms with Crippen molar-refractivity contribution in [1.29, 1.82) is 0 Å². The summed E-state index contributed by atoms with van der Waals surface area (Å²) in [5.41, 5.74) is 0. The first-order chi connectivity index (χ1) is 31.1. The smallest absolute Gasteiger partial charge is 0.404 e. The molecule has 2 amide bonds. The van der Waals surface area contributed by atoms with Crippen LogP contribution in [0.4, 0.5) is 53.5 Å². The molecule has 0 saturated heterocycles. The number of aliphatic hydroxyl groups is 3. The topological polar surface area (TPSA) is 156 Å². The Kier molecular flexibility index (Phi) is 28.4. The van der Waals surface area contributed by atoms with Gasteiger partial charge in [-0.1, -0.05) is 104 Å². The molecule has 2 unspecified atom stereocenters. The van der Waals surface area contributed by atoms with E-state index in [-0.39, 0.29) is 31.8 Å². The fraction of sp³-hybridized carbons (Fsp3) is 0.689. The van der Waals surface area contributed by atoms with Crippen molar-refractivity contribution >= 4 is 12.2 Å². The number of hydrogen-bond acceptors (Lipinski definition) is 9. The van der Waals surface area contributed by atoms with E-state index < -0.39 is 99.5 Å². The SMILES string of the molecule is CCCCCCCCC(CCCCNC(=O)Oc1c(F)c(F)c(F)c(F)c1F)C(C)(OC)OC.CCCCCCCCC(CCCCNC(=O)Oc1c(F)c(F)c(F)c(F)c1F)C(O)(O)O. The summed E-state index contributed by atoms with van der Waals surface area (Å²) in [4.78, 5) is 23.4. The first kappa shape index (κ1) is 60.1. The molecule has 66 heavy (non-hydrogen) atoms. The van der Waals surface area contributed by atoms with Gasteiger partial charge in [-0.3, -0.25) is 0 Å². The number of methoxy groups -OCH3 is 2. The van der Waals surface area contributed by atoms with Crippen molar-refractivity contribution in [3.8, 4) is 11.5 Å². The van der Waals surface area contributed by atoms with Gasteiger partial charge in [0.1, 0.15) is 0 Å². The predicted molar refractivity (Wildman–Crippen MR) is 223 cm³/mol. The molecule has 2 aromatic rings. The summed E-state index contributed by atoms with van der Waals surface area (Å²) in [6.07, 6.45) is 14.4. The van der Waals surface area contributed by atoms with Crippen molar-refractivity contribution in [2.24, 2.45) is 11.8 Å².